The van der Waals surface area contributed by atoms with Crippen LogP contribution in [0.25, 0.3) is 0 Å². The van der Waals surface area contributed by atoms with Crippen LogP contribution in [0.3, 0.4) is 0 Å². The van der Waals surface area contributed by atoms with Gasteiger partial charge >= 0.3 is 0 Å². The molecule has 0 spiro atoms. The molecule has 0 saturated carbocycles. The van der Waals surface area contributed by atoms with Crippen molar-refractivity contribution in [2.75, 3.05) is 19.8 Å². The maximum atomic E-state index is 12.5. The summed E-state index contributed by atoms with van der Waals surface area (Å²) in [5.74, 6) is 1.14. The van der Waals surface area contributed by atoms with Gasteiger partial charge in [-0.2, -0.15) is 0 Å². The minimum absolute atomic E-state index is 0.0895. The first kappa shape index (κ1) is 24.0. The Balaban J connectivity index is 1.45. The van der Waals surface area contributed by atoms with Crippen LogP contribution in [0.2, 0.25) is 0 Å². The molecule has 1 N–H and O–H groups in total. The molecule has 4 rings (SSSR count). The Morgan fingerprint density at radius 3 is 2.68 bits per heavy atom. The highest BCUT2D eigenvalue weighted by Gasteiger charge is 2.22. The smallest absolute Gasteiger partial charge is 0.273 e. The molecule has 1 amide bonds. The normalized spacial score (nSPS) is 16.5. The SMILES string of the molecule is CCOc1ccc(CN(Cc2nc(C(=O)NC[C@H]3CCCO3)co2)[C@@H](C)c2ccccc2)cc1. The quantitative estimate of drug-likeness (QED) is 0.442. The number of carbonyl (C=O) groups excluding carboxylic acids is 1. The summed E-state index contributed by atoms with van der Waals surface area (Å²) in [4.78, 5) is 19.3. The number of amides is 1. The molecule has 0 aliphatic carbocycles. The van der Waals surface area contributed by atoms with Crippen LogP contribution < -0.4 is 10.1 Å². The molecule has 0 bridgehead atoms. The summed E-state index contributed by atoms with van der Waals surface area (Å²) in [5.41, 5.74) is 2.66. The predicted molar refractivity (Wildman–Crippen MR) is 130 cm³/mol. The number of nitrogens with zero attached hydrogens (tertiary/aromatic N) is 2. The first-order chi connectivity index (χ1) is 16.6. The fraction of sp³-hybridized carbons (Fsp3) is 0.407. The number of ether oxygens (including phenoxy) is 2. The first-order valence-electron chi connectivity index (χ1n) is 12.0. The highest BCUT2D eigenvalue weighted by Crippen LogP contribution is 2.25. The lowest BCUT2D eigenvalue weighted by atomic mass is 10.1. The Hall–Kier alpha value is -3.16. The number of nitrogens with one attached hydrogen (secondary N) is 1. The summed E-state index contributed by atoms with van der Waals surface area (Å²) >= 11 is 0. The van der Waals surface area contributed by atoms with Crippen LogP contribution in [-0.2, 0) is 17.8 Å². The van der Waals surface area contributed by atoms with E-state index in [1.54, 1.807) is 0 Å². The van der Waals surface area contributed by atoms with Crippen LogP contribution in [0.1, 0.15) is 60.2 Å². The van der Waals surface area contributed by atoms with Gasteiger partial charge in [-0.3, -0.25) is 9.69 Å². The molecule has 7 nitrogen and oxygen atoms in total. The monoisotopic (exact) mass is 463 g/mol. The van der Waals surface area contributed by atoms with Crippen LogP contribution >= 0.6 is 0 Å². The van der Waals surface area contributed by atoms with Gasteiger partial charge in [-0.1, -0.05) is 42.5 Å². The van der Waals surface area contributed by atoms with Crippen molar-refractivity contribution < 1.29 is 18.7 Å². The van der Waals surface area contributed by atoms with Crippen LogP contribution in [0.15, 0.2) is 65.3 Å². The molecule has 2 heterocycles. The van der Waals surface area contributed by atoms with Gasteiger partial charge in [-0.15, -0.1) is 0 Å². The van der Waals surface area contributed by atoms with Gasteiger partial charge in [0, 0.05) is 25.7 Å². The highest BCUT2D eigenvalue weighted by atomic mass is 16.5. The van der Waals surface area contributed by atoms with Crippen molar-refractivity contribution >= 4 is 5.91 Å². The van der Waals surface area contributed by atoms with E-state index in [4.69, 9.17) is 13.9 Å². The van der Waals surface area contributed by atoms with E-state index in [2.05, 4.69) is 46.4 Å². The molecule has 1 saturated heterocycles. The fourth-order valence-electron chi connectivity index (χ4n) is 4.13. The summed E-state index contributed by atoms with van der Waals surface area (Å²) < 4.78 is 16.8. The van der Waals surface area contributed by atoms with Crippen molar-refractivity contribution in [3.8, 4) is 5.75 Å². The fourth-order valence-corrected chi connectivity index (χ4v) is 4.13. The molecule has 2 atom stereocenters. The largest absolute Gasteiger partial charge is 0.494 e. The first-order valence-corrected chi connectivity index (χ1v) is 12.0. The van der Waals surface area contributed by atoms with Gasteiger partial charge in [0.15, 0.2) is 5.69 Å². The topological polar surface area (TPSA) is 76.8 Å². The number of aromatic nitrogens is 1. The van der Waals surface area contributed by atoms with Crippen LogP contribution in [0, 0.1) is 0 Å². The van der Waals surface area contributed by atoms with E-state index in [0.717, 1.165) is 30.8 Å². The second-order valence-electron chi connectivity index (χ2n) is 8.54. The summed E-state index contributed by atoms with van der Waals surface area (Å²) in [6, 6.07) is 18.6. The standard InChI is InChI=1S/C27H33N3O4/c1-3-32-23-13-11-21(12-14-23)17-30(20(2)22-8-5-4-6-9-22)18-26-29-25(19-34-26)27(31)28-16-24-10-7-15-33-24/h4-6,8-9,11-14,19-20,24H,3,7,10,15-18H2,1-2H3,(H,28,31)/t20-,24+/m0/s1. The molecule has 180 valence electrons. The van der Waals surface area contributed by atoms with E-state index in [9.17, 15) is 4.79 Å². The van der Waals surface area contributed by atoms with Crippen molar-refractivity contribution in [1.82, 2.24) is 15.2 Å². The van der Waals surface area contributed by atoms with Crippen molar-refractivity contribution in [1.29, 1.82) is 0 Å². The molecule has 7 heteroatoms. The Kier molecular flexibility index (Phi) is 8.33. The van der Waals surface area contributed by atoms with Crippen molar-refractivity contribution in [3.63, 3.8) is 0 Å². The maximum Gasteiger partial charge on any atom is 0.273 e. The zero-order valence-electron chi connectivity index (χ0n) is 19.9. The predicted octanol–water partition coefficient (Wildman–Crippen LogP) is 4.75. The van der Waals surface area contributed by atoms with Gasteiger partial charge in [0.2, 0.25) is 5.89 Å². The van der Waals surface area contributed by atoms with Gasteiger partial charge in [0.25, 0.3) is 5.91 Å². The number of benzene rings is 2. The average molecular weight is 464 g/mol. The molecule has 2 aromatic carbocycles. The van der Waals surface area contributed by atoms with E-state index in [1.165, 1.54) is 11.8 Å². The van der Waals surface area contributed by atoms with E-state index < -0.39 is 0 Å². The minimum atomic E-state index is -0.236. The van der Waals surface area contributed by atoms with Gasteiger partial charge in [0.05, 0.1) is 19.3 Å². The summed E-state index contributed by atoms with van der Waals surface area (Å²) in [6.07, 6.45) is 3.54. The van der Waals surface area contributed by atoms with Gasteiger partial charge in [0.1, 0.15) is 12.0 Å². The molecule has 1 fully saturated rings. The molecule has 1 aliphatic rings. The zero-order chi connectivity index (χ0) is 23.8. The van der Waals surface area contributed by atoms with Crippen molar-refractivity contribution in [2.24, 2.45) is 0 Å². The molecule has 1 aromatic heterocycles. The van der Waals surface area contributed by atoms with Gasteiger partial charge in [-0.25, -0.2) is 4.98 Å². The average Bonchev–Trinajstić information content (AvgIpc) is 3.56. The molecule has 34 heavy (non-hydrogen) atoms. The van der Waals surface area contributed by atoms with E-state index in [0.29, 0.717) is 37.8 Å². The lowest BCUT2D eigenvalue weighted by molar-refractivity contribution is 0.0853. The van der Waals surface area contributed by atoms with E-state index >= 15 is 0 Å². The summed E-state index contributed by atoms with van der Waals surface area (Å²) in [5, 5.41) is 2.90. The second-order valence-corrected chi connectivity index (χ2v) is 8.54. The van der Waals surface area contributed by atoms with Crippen molar-refractivity contribution in [3.05, 3.63) is 83.6 Å². The van der Waals surface area contributed by atoms with Gasteiger partial charge < -0.3 is 19.2 Å². The molecule has 1 aliphatic heterocycles. The zero-order valence-corrected chi connectivity index (χ0v) is 19.9. The lowest BCUT2D eigenvalue weighted by Gasteiger charge is -2.28. The number of hydrogen-bond donors (Lipinski definition) is 1. The Labute approximate surface area is 201 Å². The van der Waals surface area contributed by atoms with E-state index in [1.807, 2.05) is 37.3 Å². The molecule has 0 unspecified atom stereocenters. The molecular weight excluding hydrogens is 430 g/mol. The third-order valence-corrected chi connectivity index (χ3v) is 6.09. The highest BCUT2D eigenvalue weighted by molar-refractivity contribution is 5.91. The minimum Gasteiger partial charge on any atom is -0.494 e. The van der Waals surface area contributed by atoms with Crippen LogP contribution in [0.5, 0.6) is 5.75 Å². The van der Waals surface area contributed by atoms with Crippen LogP contribution in [-0.4, -0.2) is 41.7 Å². The number of rotatable bonds is 11. The maximum absolute atomic E-state index is 12.5. The summed E-state index contributed by atoms with van der Waals surface area (Å²) in [7, 11) is 0. The Morgan fingerprint density at radius 2 is 1.97 bits per heavy atom. The van der Waals surface area contributed by atoms with Crippen molar-refractivity contribution in [2.45, 2.75) is 51.9 Å². The molecule has 3 aromatic rings. The van der Waals surface area contributed by atoms with Crippen LogP contribution in [0.4, 0.5) is 0 Å². The second kappa shape index (κ2) is 11.8. The Bertz CT molecular complexity index is 1030. The number of hydrogen-bond acceptors (Lipinski definition) is 6. The lowest BCUT2D eigenvalue weighted by Crippen LogP contribution is -2.32. The van der Waals surface area contributed by atoms with E-state index in [-0.39, 0.29) is 18.1 Å². The summed E-state index contributed by atoms with van der Waals surface area (Å²) in [6.45, 7) is 7.22. The number of oxazole rings is 1. The molecular formula is C27H33N3O4. The third-order valence-electron chi connectivity index (χ3n) is 6.09. The molecule has 0 radical (unpaired) electrons. The number of carbonyl (C=O) groups is 1. The Morgan fingerprint density at radius 1 is 1.18 bits per heavy atom. The van der Waals surface area contributed by atoms with Gasteiger partial charge in [-0.05, 0) is 49.9 Å². The third kappa shape index (κ3) is 6.46.